The van der Waals surface area contributed by atoms with E-state index in [0.29, 0.717) is 0 Å². The van der Waals surface area contributed by atoms with Gasteiger partial charge in [-0.05, 0) is 0 Å². The molecular formula is H4ClNS3. The fourth-order valence-corrected chi connectivity index (χ4v) is 0. The lowest BCUT2D eigenvalue weighted by Gasteiger charge is -1.84. The Balaban J connectivity index is 0. The van der Waals surface area contributed by atoms with Crippen LogP contribution in [0.5, 0.6) is 0 Å². The van der Waals surface area contributed by atoms with Crippen molar-refractivity contribution in [2.24, 2.45) is 0 Å². The van der Waals surface area contributed by atoms with Gasteiger partial charge in [-0.25, -0.2) is 0 Å². The average Bonchev–Trinajstić information content (AvgIpc) is 0.811. The summed E-state index contributed by atoms with van der Waals surface area (Å²) in [6, 6.07) is 0. The van der Waals surface area contributed by atoms with E-state index in [4.69, 9.17) is 0 Å². The van der Waals surface area contributed by atoms with Crippen molar-refractivity contribution in [3.05, 3.63) is 0 Å². The maximum atomic E-state index is 3.53. The highest BCUT2D eigenvalue weighted by Gasteiger charge is 1.62. The highest BCUT2D eigenvalue weighted by molar-refractivity contribution is 8.07. The number of hydrogen-bond acceptors (Lipinski definition) is 4. The van der Waals surface area contributed by atoms with E-state index in [1.807, 2.05) is 0 Å². The summed E-state index contributed by atoms with van der Waals surface area (Å²) in [6.07, 6.45) is 0. The molecule has 0 fully saturated rings. The molecule has 0 N–H and O–H groups in total. The molecule has 0 aliphatic rings. The minimum Gasteiger partial charge on any atom is -0.147 e. The van der Waals surface area contributed by atoms with Gasteiger partial charge < -0.3 is 0 Å². The molecule has 0 unspecified atom stereocenters. The van der Waals surface area contributed by atoms with Crippen molar-refractivity contribution in [3.63, 3.8) is 0 Å². The van der Waals surface area contributed by atoms with Crippen LogP contribution in [0.3, 0.4) is 0 Å². The topological polar surface area (TPSA) is 3.24 Å². The molecule has 0 aromatic rings. The van der Waals surface area contributed by atoms with Gasteiger partial charge in [0.15, 0.2) is 0 Å². The molecule has 0 aromatic heterocycles. The van der Waals surface area contributed by atoms with Crippen LogP contribution in [0, 0.1) is 0 Å². The second kappa shape index (κ2) is 5.30. The third-order valence-corrected chi connectivity index (χ3v) is 0. The molecule has 0 saturated heterocycles. The second-order valence-corrected chi connectivity index (χ2v) is 2.41. The van der Waals surface area contributed by atoms with Crippen LogP contribution < -0.4 is 0 Å². The van der Waals surface area contributed by atoms with Crippen LogP contribution >= 0.6 is 50.9 Å². The lowest BCUT2D eigenvalue weighted by atomic mass is 13.8. The third-order valence-electron chi connectivity index (χ3n) is 0. The van der Waals surface area contributed by atoms with Crippen LogP contribution in [0.15, 0.2) is 0 Å². The first-order valence-corrected chi connectivity index (χ1v) is 1.80. The van der Waals surface area contributed by atoms with Crippen LogP contribution in [0.25, 0.3) is 0 Å². The van der Waals surface area contributed by atoms with E-state index in [9.17, 15) is 0 Å². The highest BCUT2D eigenvalue weighted by Crippen LogP contribution is 1.96. The van der Waals surface area contributed by atoms with Crippen molar-refractivity contribution in [1.29, 1.82) is 0 Å². The van der Waals surface area contributed by atoms with Gasteiger partial charge in [-0.1, -0.05) is 38.4 Å². The molecule has 0 atom stereocenters. The second-order valence-electron chi connectivity index (χ2n) is 0.268. The molecule has 5 heteroatoms. The molecule has 1 nitrogen and oxygen atoms in total. The van der Waals surface area contributed by atoms with Crippen LogP contribution in [0.2, 0.25) is 0 Å². The molecule has 0 bridgehead atoms. The first-order chi connectivity index (χ1) is 1.73. The summed E-state index contributed by atoms with van der Waals surface area (Å²) in [4.78, 5) is 0. The Labute approximate surface area is 54.2 Å². The Morgan fingerprint density at radius 1 is 1.00 bits per heavy atom. The Hall–Kier alpha value is 1.30. The van der Waals surface area contributed by atoms with Gasteiger partial charge in [0.2, 0.25) is 0 Å². The molecule has 0 heterocycles. The van der Waals surface area contributed by atoms with E-state index >= 15 is 0 Å². The third kappa shape index (κ3) is 34.2. The fourth-order valence-electron chi connectivity index (χ4n) is 0. The zero-order valence-electron chi connectivity index (χ0n) is 2.20. The lowest BCUT2D eigenvalue weighted by molar-refractivity contribution is 1.36. The number of nitrogens with zero attached hydrogens (tertiary/aromatic N) is 1. The Kier molecular flexibility index (Phi) is 10.1. The van der Waals surface area contributed by atoms with Gasteiger partial charge in [0.1, 0.15) is 0 Å². The van der Waals surface area contributed by atoms with E-state index in [2.05, 4.69) is 38.4 Å². The fraction of sp³-hybridized carbons (Fsp3) is 0. The summed E-state index contributed by atoms with van der Waals surface area (Å²) in [5.41, 5.74) is 0. The summed E-state index contributed by atoms with van der Waals surface area (Å²) < 4.78 is 1.08. The molecule has 0 aromatic carbocycles. The monoisotopic (exact) mass is 149 g/mol. The van der Waals surface area contributed by atoms with E-state index in [1.165, 1.54) is 0 Å². The predicted molar refractivity (Wildman–Crippen MR) is 36.0 cm³/mol. The van der Waals surface area contributed by atoms with Crippen molar-refractivity contribution in [2.75, 3.05) is 0 Å². The zero-order chi connectivity index (χ0) is 3.58. The summed E-state index contributed by atoms with van der Waals surface area (Å²) >= 11 is 10.6. The van der Waals surface area contributed by atoms with Crippen molar-refractivity contribution < 1.29 is 0 Å². The smallest absolute Gasteiger partial charge is 0.0736 e. The number of rotatable bonds is 0. The van der Waals surface area contributed by atoms with Crippen LogP contribution in [0.1, 0.15) is 0 Å². The first-order valence-electron chi connectivity index (χ1n) is 0.600. The molecule has 0 aliphatic carbocycles. The Bertz CT molecular complexity index is 11.6. The van der Waals surface area contributed by atoms with Gasteiger partial charge in [0, 0.05) is 0 Å². The highest BCUT2D eigenvalue weighted by atomic mass is 35.5. The zero-order valence-corrected chi connectivity index (χ0v) is 5.70. The average molecular weight is 150 g/mol. The number of hydrogen-bond donors (Lipinski definition) is 3. The van der Waals surface area contributed by atoms with Crippen LogP contribution in [-0.4, -0.2) is 3.12 Å². The molecule has 0 saturated carbocycles. The van der Waals surface area contributed by atoms with Crippen molar-refractivity contribution >= 4 is 50.9 Å². The van der Waals surface area contributed by atoms with Gasteiger partial charge in [-0.15, -0.1) is 15.5 Å². The Morgan fingerprint density at radius 2 is 1.00 bits per heavy atom. The van der Waals surface area contributed by atoms with E-state index < -0.39 is 0 Å². The standard InChI is InChI=1S/ClH.H3NS3/c;2-1(3)4/h1H;2-4H. The first kappa shape index (κ1) is 9.57. The SMILES string of the molecule is Cl.SN(S)S. The van der Waals surface area contributed by atoms with E-state index in [-0.39, 0.29) is 12.4 Å². The maximum absolute atomic E-state index is 3.53. The van der Waals surface area contributed by atoms with Crippen LogP contribution in [0.4, 0.5) is 0 Å². The lowest BCUT2D eigenvalue weighted by Crippen LogP contribution is -1.63. The van der Waals surface area contributed by atoms with E-state index in [0.717, 1.165) is 3.12 Å². The van der Waals surface area contributed by atoms with Gasteiger partial charge in [0.05, 0.1) is 0 Å². The van der Waals surface area contributed by atoms with E-state index in [1.54, 1.807) is 0 Å². The molecular weight excluding hydrogens is 146 g/mol. The summed E-state index contributed by atoms with van der Waals surface area (Å²) in [6.45, 7) is 0. The molecule has 5 heavy (non-hydrogen) atoms. The molecule has 0 radical (unpaired) electrons. The normalized spacial score (nSPS) is 7.20. The van der Waals surface area contributed by atoms with Crippen molar-refractivity contribution in [2.45, 2.75) is 0 Å². The van der Waals surface area contributed by atoms with Crippen LogP contribution in [-0.2, 0) is 0 Å². The summed E-state index contributed by atoms with van der Waals surface area (Å²) in [5.74, 6) is 0. The Morgan fingerprint density at radius 3 is 1.00 bits per heavy atom. The van der Waals surface area contributed by atoms with Crippen molar-refractivity contribution in [1.82, 2.24) is 3.12 Å². The largest absolute Gasteiger partial charge is 0.147 e. The minimum atomic E-state index is 0. The summed E-state index contributed by atoms with van der Waals surface area (Å²) in [5, 5.41) is 0. The minimum absolute atomic E-state index is 0. The van der Waals surface area contributed by atoms with Gasteiger partial charge >= 0.3 is 0 Å². The molecule has 0 rings (SSSR count). The molecule has 34 valence electrons. The predicted octanol–water partition coefficient (Wildman–Crippen LogP) is 1.24. The molecule has 0 aliphatic heterocycles. The maximum Gasteiger partial charge on any atom is -0.0736 e. The van der Waals surface area contributed by atoms with Crippen molar-refractivity contribution in [3.8, 4) is 0 Å². The number of halogens is 1. The molecule has 0 amide bonds. The van der Waals surface area contributed by atoms with Gasteiger partial charge in [0.25, 0.3) is 0 Å². The van der Waals surface area contributed by atoms with Gasteiger partial charge in [-0.2, -0.15) is 0 Å². The quantitative estimate of drug-likeness (QED) is 0.437. The summed E-state index contributed by atoms with van der Waals surface area (Å²) in [7, 11) is 0. The molecule has 0 spiro atoms. The van der Waals surface area contributed by atoms with Gasteiger partial charge in [-0.3, -0.25) is 0 Å². The number of thiol groups is 3.